The lowest BCUT2D eigenvalue weighted by molar-refractivity contribution is -0.193. The Labute approximate surface area is 106 Å². The Hall–Kier alpha value is -0.360. The molecule has 0 bridgehead atoms. The first-order chi connectivity index (χ1) is 8.21. The molecule has 6 heteroatoms. The molecular weight excluding hydrogens is 246 g/mol. The van der Waals surface area contributed by atoms with E-state index < -0.39 is 11.9 Å². The van der Waals surface area contributed by atoms with Crippen LogP contribution in [0.3, 0.4) is 0 Å². The smallest absolute Gasteiger partial charge is 0.176 e. The molecule has 98 valence electrons. The highest BCUT2D eigenvalue weighted by atomic mass is 35.5. The van der Waals surface area contributed by atoms with Gasteiger partial charge in [0, 0.05) is 20.0 Å². The number of hydrogen-bond donors (Lipinski definition) is 1. The third kappa shape index (κ3) is 2.73. The maximum Gasteiger partial charge on any atom is 0.176 e. The maximum atomic E-state index is 8.75. The van der Waals surface area contributed by atoms with Gasteiger partial charge in [-0.3, -0.25) is 0 Å². The summed E-state index contributed by atoms with van der Waals surface area (Å²) in [6.07, 6.45) is 4.26. The molecule has 0 amide bonds. The molecule has 1 aliphatic heterocycles. The number of oxime groups is 1. The van der Waals surface area contributed by atoms with Crippen molar-refractivity contribution in [1.82, 2.24) is 0 Å². The second kappa shape index (κ2) is 5.52. The summed E-state index contributed by atoms with van der Waals surface area (Å²) in [5.74, 6) is -0.559. The third-order valence-electron chi connectivity index (χ3n) is 3.32. The number of nitrogens with zero attached hydrogens (tertiary/aromatic N) is 1. The molecule has 0 unspecified atom stereocenters. The molecular formula is C11H18ClNO4. The van der Waals surface area contributed by atoms with Crippen LogP contribution < -0.4 is 0 Å². The molecule has 2 aliphatic rings. The predicted octanol–water partition coefficient (Wildman–Crippen LogP) is 2.10. The summed E-state index contributed by atoms with van der Waals surface area (Å²) in [5, 5.41) is 11.8. The first kappa shape index (κ1) is 13.1. The van der Waals surface area contributed by atoms with Gasteiger partial charge < -0.3 is 19.4 Å². The fourth-order valence-electron chi connectivity index (χ4n) is 2.54. The third-order valence-corrected chi connectivity index (χ3v) is 3.61. The Balaban J connectivity index is 2.10. The highest BCUT2D eigenvalue weighted by Crippen LogP contribution is 2.41. The average Bonchev–Trinajstić information content (AvgIpc) is 2.68. The van der Waals surface area contributed by atoms with E-state index in [0.29, 0.717) is 6.61 Å². The Morgan fingerprint density at radius 2 is 2.12 bits per heavy atom. The van der Waals surface area contributed by atoms with Gasteiger partial charge in [0.2, 0.25) is 0 Å². The van der Waals surface area contributed by atoms with Crippen molar-refractivity contribution in [3.8, 4) is 0 Å². The molecule has 1 saturated carbocycles. The Morgan fingerprint density at radius 1 is 1.41 bits per heavy atom. The zero-order valence-electron chi connectivity index (χ0n) is 9.89. The van der Waals surface area contributed by atoms with E-state index in [1.165, 1.54) is 6.42 Å². The highest BCUT2D eigenvalue weighted by Gasteiger charge is 2.49. The van der Waals surface area contributed by atoms with Crippen molar-refractivity contribution in [3.05, 3.63) is 0 Å². The molecule has 2 rings (SSSR count). The molecule has 0 radical (unpaired) electrons. The van der Waals surface area contributed by atoms with Crippen LogP contribution in [0.4, 0.5) is 0 Å². The molecule has 17 heavy (non-hydrogen) atoms. The second-order valence-electron chi connectivity index (χ2n) is 4.54. The van der Waals surface area contributed by atoms with Crippen molar-refractivity contribution in [2.45, 2.75) is 50.1 Å². The van der Waals surface area contributed by atoms with Gasteiger partial charge in [-0.2, -0.15) is 0 Å². The summed E-state index contributed by atoms with van der Waals surface area (Å²) in [5.41, 5.74) is 0. The van der Waals surface area contributed by atoms with E-state index in [0.717, 1.165) is 25.7 Å². The molecule has 1 saturated heterocycles. The van der Waals surface area contributed by atoms with Gasteiger partial charge in [0.15, 0.2) is 11.0 Å². The van der Waals surface area contributed by atoms with Crippen LogP contribution in [-0.2, 0) is 14.2 Å². The van der Waals surface area contributed by atoms with Gasteiger partial charge in [0.1, 0.15) is 12.2 Å². The van der Waals surface area contributed by atoms with Gasteiger partial charge in [-0.15, -0.1) is 0 Å². The van der Waals surface area contributed by atoms with Crippen LogP contribution in [0, 0.1) is 0 Å². The minimum atomic E-state index is -0.559. The molecule has 1 N–H and O–H groups in total. The van der Waals surface area contributed by atoms with Crippen molar-refractivity contribution < 1.29 is 19.4 Å². The van der Waals surface area contributed by atoms with E-state index in [9.17, 15) is 0 Å². The largest absolute Gasteiger partial charge is 0.410 e. The minimum Gasteiger partial charge on any atom is -0.410 e. The van der Waals surface area contributed by atoms with Crippen LogP contribution in [0.15, 0.2) is 5.16 Å². The van der Waals surface area contributed by atoms with E-state index in [1.807, 2.05) is 0 Å². The van der Waals surface area contributed by atoms with Crippen LogP contribution in [0.2, 0.25) is 0 Å². The molecule has 0 aromatic carbocycles. The molecule has 2 atom stereocenters. The molecule has 0 aromatic heterocycles. The number of hydrogen-bond acceptors (Lipinski definition) is 5. The lowest BCUT2D eigenvalue weighted by Crippen LogP contribution is -2.34. The SMILES string of the molecule is COC[C@@H]1OC2(CCCCC2)O[C@H]1C(Cl)=NO. The summed E-state index contributed by atoms with van der Waals surface area (Å²) in [4.78, 5) is 0. The Bertz CT molecular complexity index is 291. The van der Waals surface area contributed by atoms with Crippen molar-refractivity contribution in [2.24, 2.45) is 5.16 Å². The van der Waals surface area contributed by atoms with Crippen LogP contribution in [0.5, 0.6) is 0 Å². The summed E-state index contributed by atoms with van der Waals surface area (Å²) in [7, 11) is 1.59. The minimum absolute atomic E-state index is 0.0227. The van der Waals surface area contributed by atoms with Gasteiger partial charge >= 0.3 is 0 Å². The van der Waals surface area contributed by atoms with Crippen LogP contribution in [0.25, 0.3) is 0 Å². The van der Waals surface area contributed by atoms with Crippen LogP contribution >= 0.6 is 11.6 Å². The lowest BCUT2D eigenvalue weighted by atomic mass is 9.94. The highest BCUT2D eigenvalue weighted by molar-refractivity contribution is 6.66. The van der Waals surface area contributed by atoms with Crippen LogP contribution in [0.1, 0.15) is 32.1 Å². The van der Waals surface area contributed by atoms with Crippen LogP contribution in [-0.4, -0.2) is 42.1 Å². The van der Waals surface area contributed by atoms with E-state index in [1.54, 1.807) is 7.11 Å². The molecule has 1 aliphatic carbocycles. The number of halogens is 1. The fourth-order valence-corrected chi connectivity index (χ4v) is 2.73. The molecule has 0 aromatic rings. The number of methoxy groups -OCH3 is 1. The summed E-state index contributed by atoms with van der Waals surface area (Å²) >= 11 is 5.84. The standard InChI is InChI=1S/C11H18ClNO4/c1-15-7-8-9(10(12)13-14)17-11(16-8)5-3-2-4-6-11/h8-9,14H,2-7H2,1H3/t8-,9+/m0/s1. The lowest BCUT2D eigenvalue weighted by Gasteiger charge is -2.31. The van der Waals surface area contributed by atoms with Crippen molar-refractivity contribution in [1.29, 1.82) is 0 Å². The van der Waals surface area contributed by atoms with Gasteiger partial charge in [-0.05, 0) is 12.8 Å². The van der Waals surface area contributed by atoms with Gasteiger partial charge in [-0.1, -0.05) is 23.2 Å². The van der Waals surface area contributed by atoms with Gasteiger partial charge in [-0.25, -0.2) is 0 Å². The quantitative estimate of drug-likeness (QED) is 0.481. The molecule has 5 nitrogen and oxygen atoms in total. The Kier molecular flexibility index (Phi) is 4.25. The zero-order chi connectivity index (χ0) is 12.3. The number of ether oxygens (including phenoxy) is 3. The van der Waals surface area contributed by atoms with Crippen molar-refractivity contribution >= 4 is 16.8 Å². The predicted molar refractivity (Wildman–Crippen MR) is 62.5 cm³/mol. The van der Waals surface area contributed by atoms with Gasteiger partial charge in [0.25, 0.3) is 0 Å². The Morgan fingerprint density at radius 3 is 2.71 bits per heavy atom. The monoisotopic (exact) mass is 263 g/mol. The van der Waals surface area contributed by atoms with E-state index in [-0.39, 0.29) is 11.3 Å². The molecule has 1 spiro atoms. The zero-order valence-corrected chi connectivity index (χ0v) is 10.7. The fraction of sp³-hybridized carbons (Fsp3) is 0.909. The van der Waals surface area contributed by atoms with E-state index in [2.05, 4.69) is 5.16 Å². The molecule has 1 heterocycles. The maximum absolute atomic E-state index is 8.75. The topological polar surface area (TPSA) is 60.3 Å². The van der Waals surface area contributed by atoms with E-state index in [4.69, 9.17) is 31.0 Å². The molecule has 2 fully saturated rings. The number of rotatable bonds is 3. The van der Waals surface area contributed by atoms with Crippen molar-refractivity contribution in [3.63, 3.8) is 0 Å². The summed E-state index contributed by atoms with van der Waals surface area (Å²) in [6.45, 7) is 0.373. The second-order valence-corrected chi connectivity index (χ2v) is 4.93. The van der Waals surface area contributed by atoms with E-state index >= 15 is 0 Å². The summed E-state index contributed by atoms with van der Waals surface area (Å²) < 4.78 is 16.9. The van der Waals surface area contributed by atoms with Crippen molar-refractivity contribution in [2.75, 3.05) is 13.7 Å². The first-order valence-corrected chi connectivity index (χ1v) is 6.30. The van der Waals surface area contributed by atoms with Gasteiger partial charge in [0.05, 0.1) is 6.61 Å². The normalized spacial score (nSPS) is 33.2. The summed E-state index contributed by atoms with van der Waals surface area (Å²) in [6, 6.07) is 0. The first-order valence-electron chi connectivity index (χ1n) is 5.93. The average molecular weight is 264 g/mol.